The molecule has 5 nitrogen and oxygen atoms in total. The summed E-state index contributed by atoms with van der Waals surface area (Å²) < 4.78 is 5.39. The summed E-state index contributed by atoms with van der Waals surface area (Å²) in [5.41, 5.74) is 2.85. The second-order valence-corrected chi connectivity index (χ2v) is 4.69. The zero-order chi connectivity index (χ0) is 13.8. The van der Waals surface area contributed by atoms with Crippen LogP contribution in [0, 0.1) is 6.92 Å². The summed E-state index contributed by atoms with van der Waals surface area (Å²) in [5.74, 6) is -0.0656. The summed E-state index contributed by atoms with van der Waals surface area (Å²) in [4.78, 5) is 13.9. The SMILES string of the molecule is CNC(=O)C1COCCN1c1ccc(C)cc1CO. The summed E-state index contributed by atoms with van der Waals surface area (Å²) in [5, 5.41) is 12.2. The lowest BCUT2D eigenvalue weighted by atomic mass is 10.1. The fourth-order valence-electron chi connectivity index (χ4n) is 2.40. The van der Waals surface area contributed by atoms with Gasteiger partial charge in [-0.2, -0.15) is 0 Å². The van der Waals surface area contributed by atoms with Crippen LogP contribution < -0.4 is 10.2 Å². The molecule has 0 aliphatic carbocycles. The van der Waals surface area contributed by atoms with Gasteiger partial charge in [-0.25, -0.2) is 0 Å². The molecule has 1 aliphatic rings. The van der Waals surface area contributed by atoms with Crippen LogP contribution in [0.3, 0.4) is 0 Å². The molecule has 1 amide bonds. The van der Waals surface area contributed by atoms with Crippen LogP contribution in [0.15, 0.2) is 18.2 Å². The number of likely N-dealkylation sites (N-methyl/N-ethyl adjacent to an activating group) is 1. The van der Waals surface area contributed by atoms with Gasteiger partial charge in [0.25, 0.3) is 0 Å². The number of nitrogens with one attached hydrogen (secondary N) is 1. The Morgan fingerprint density at radius 3 is 3.05 bits per heavy atom. The number of aliphatic hydroxyl groups is 1. The van der Waals surface area contributed by atoms with E-state index in [9.17, 15) is 9.90 Å². The van der Waals surface area contributed by atoms with Crippen LogP contribution in [0.2, 0.25) is 0 Å². The molecule has 0 bridgehead atoms. The predicted octanol–water partition coefficient (Wildman–Crippen LogP) is 0.439. The molecule has 1 fully saturated rings. The number of hydrogen-bond acceptors (Lipinski definition) is 4. The molecule has 19 heavy (non-hydrogen) atoms. The van der Waals surface area contributed by atoms with Crippen LogP contribution in [0.5, 0.6) is 0 Å². The summed E-state index contributed by atoms with van der Waals surface area (Å²) in [6.07, 6.45) is 0. The Bertz CT molecular complexity index is 462. The normalized spacial score (nSPS) is 19.3. The molecular formula is C14H20N2O3. The van der Waals surface area contributed by atoms with Gasteiger partial charge in [0.15, 0.2) is 0 Å². The summed E-state index contributed by atoms with van der Waals surface area (Å²) in [7, 11) is 1.62. The van der Waals surface area contributed by atoms with Gasteiger partial charge in [0.05, 0.1) is 19.8 Å². The van der Waals surface area contributed by atoms with Gasteiger partial charge in [-0.3, -0.25) is 4.79 Å². The molecule has 104 valence electrons. The Balaban J connectivity index is 2.34. The number of carbonyl (C=O) groups excluding carboxylic acids is 1. The number of carbonyl (C=O) groups is 1. The second-order valence-electron chi connectivity index (χ2n) is 4.69. The van der Waals surface area contributed by atoms with E-state index >= 15 is 0 Å². The Morgan fingerprint density at radius 1 is 1.58 bits per heavy atom. The van der Waals surface area contributed by atoms with Crippen LogP contribution >= 0.6 is 0 Å². The first-order valence-electron chi connectivity index (χ1n) is 6.43. The van der Waals surface area contributed by atoms with E-state index in [-0.39, 0.29) is 18.6 Å². The third-order valence-corrected chi connectivity index (χ3v) is 3.39. The number of aryl methyl sites for hydroxylation is 1. The first-order valence-corrected chi connectivity index (χ1v) is 6.43. The van der Waals surface area contributed by atoms with Crippen molar-refractivity contribution in [2.75, 3.05) is 31.7 Å². The van der Waals surface area contributed by atoms with Crippen molar-refractivity contribution in [1.82, 2.24) is 5.32 Å². The standard InChI is InChI=1S/C14H20N2O3/c1-10-3-4-12(11(7-10)8-17)16-5-6-19-9-13(16)14(18)15-2/h3-4,7,13,17H,5-6,8-9H2,1-2H3,(H,15,18). The van der Waals surface area contributed by atoms with Crippen molar-refractivity contribution in [3.8, 4) is 0 Å². The Morgan fingerprint density at radius 2 is 2.37 bits per heavy atom. The van der Waals surface area contributed by atoms with Crippen LogP contribution in [0.25, 0.3) is 0 Å². The fraction of sp³-hybridized carbons (Fsp3) is 0.500. The zero-order valence-electron chi connectivity index (χ0n) is 11.3. The third kappa shape index (κ3) is 2.88. The van der Waals surface area contributed by atoms with Gasteiger partial charge in [-0.1, -0.05) is 17.7 Å². The third-order valence-electron chi connectivity index (χ3n) is 3.39. The molecule has 0 radical (unpaired) electrons. The molecule has 1 aliphatic heterocycles. The minimum Gasteiger partial charge on any atom is -0.392 e. The average Bonchev–Trinajstić information content (AvgIpc) is 2.46. The van der Waals surface area contributed by atoms with E-state index in [1.807, 2.05) is 30.0 Å². The summed E-state index contributed by atoms with van der Waals surface area (Å²) >= 11 is 0. The Labute approximate surface area is 113 Å². The molecule has 1 aromatic carbocycles. The van der Waals surface area contributed by atoms with Crippen molar-refractivity contribution in [3.05, 3.63) is 29.3 Å². The topological polar surface area (TPSA) is 61.8 Å². The highest BCUT2D eigenvalue weighted by atomic mass is 16.5. The van der Waals surface area contributed by atoms with Gasteiger partial charge >= 0.3 is 0 Å². The number of amides is 1. The van der Waals surface area contributed by atoms with E-state index in [1.54, 1.807) is 7.05 Å². The molecule has 5 heteroatoms. The lowest BCUT2D eigenvalue weighted by Crippen LogP contribution is -2.53. The monoisotopic (exact) mass is 264 g/mol. The fourth-order valence-corrected chi connectivity index (χ4v) is 2.40. The number of nitrogens with zero attached hydrogens (tertiary/aromatic N) is 1. The van der Waals surface area contributed by atoms with Crippen molar-refractivity contribution in [2.24, 2.45) is 0 Å². The average molecular weight is 264 g/mol. The summed E-state index contributed by atoms with van der Waals surface area (Å²) in [6, 6.07) is 5.56. The number of hydrogen-bond donors (Lipinski definition) is 2. The number of benzene rings is 1. The van der Waals surface area contributed by atoms with E-state index in [4.69, 9.17) is 4.74 Å². The van der Waals surface area contributed by atoms with Crippen molar-refractivity contribution >= 4 is 11.6 Å². The van der Waals surface area contributed by atoms with Crippen LogP contribution in [-0.4, -0.2) is 43.9 Å². The minimum atomic E-state index is -0.341. The molecule has 1 aromatic rings. The maximum atomic E-state index is 11.9. The summed E-state index contributed by atoms with van der Waals surface area (Å²) in [6.45, 7) is 3.56. The first kappa shape index (κ1) is 13.8. The van der Waals surface area contributed by atoms with E-state index < -0.39 is 0 Å². The van der Waals surface area contributed by atoms with Crippen LogP contribution in [0.1, 0.15) is 11.1 Å². The number of aliphatic hydroxyl groups excluding tert-OH is 1. The molecule has 1 unspecified atom stereocenters. The first-order chi connectivity index (χ1) is 9.17. The van der Waals surface area contributed by atoms with Crippen molar-refractivity contribution in [1.29, 1.82) is 0 Å². The Hall–Kier alpha value is -1.59. The van der Waals surface area contributed by atoms with Gasteiger partial charge in [0.1, 0.15) is 6.04 Å². The van der Waals surface area contributed by atoms with Crippen molar-refractivity contribution < 1.29 is 14.6 Å². The predicted molar refractivity (Wildman–Crippen MR) is 73.1 cm³/mol. The lowest BCUT2D eigenvalue weighted by molar-refractivity contribution is -0.124. The lowest BCUT2D eigenvalue weighted by Gasteiger charge is -2.37. The molecule has 0 saturated carbocycles. The van der Waals surface area contributed by atoms with Crippen molar-refractivity contribution in [3.63, 3.8) is 0 Å². The maximum absolute atomic E-state index is 11.9. The van der Waals surface area contributed by atoms with Gasteiger partial charge in [0.2, 0.25) is 5.91 Å². The van der Waals surface area contributed by atoms with E-state index in [0.717, 1.165) is 16.8 Å². The van der Waals surface area contributed by atoms with Crippen molar-refractivity contribution in [2.45, 2.75) is 19.6 Å². The van der Waals surface area contributed by atoms with Gasteiger partial charge in [-0.05, 0) is 13.0 Å². The smallest absolute Gasteiger partial charge is 0.244 e. The number of ether oxygens (including phenoxy) is 1. The van der Waals surface area contributed by atoms with Gasteiger partial charge in [-0.15, -0.1) is 0 Å². The van der Waals surface area contributed by atoms with Crippen LogP contribution in [0.4, 0.5) is 5.69 Å². The molecular weight excluding hydrogens is 244 g/mol. The molecule has 1 heterocycles. The van der Waals surface area contributed by atoms with E-state index in [0.29, 0.717) is 19.8 Å². The quantitative estimate of drug-likeness (QED) is 0.831. The zero-order valence-corrected chi connectivity index (χ0v) is 11.3. The highest BCUT2D eigenvalue weighted by Gasteiger charge is 2.30. The van der Waals surface area contributed by atoms with Gasteiger partial charge in [0, 0.05) is 24.8 Å². The molecule has 1 atom stereocenters. The second kappa shape index (κ2) is 6.04. The number of rotatable bonds is 3. The highest BCUT2D eigenvalue weighted by Crippen LogP contribution is 2.25. The Kier molecular flexibility index (Phi) is 4.39. The minimum absolute atomic E-state index is 0.0329. The molecule has 0 spiro atoms. The number of morpholine rings is 1. The van der Waals surface area contributed by atoms with Gasteiger partial charge < -0.3 is 20.1 Å². The van der Waals surface area contributed by atoms with Crippen LogP contribution in [-0.2, 0) is 16.1 Å². The molecule has 2 N–H and O–H groups in total. The maximum Gasteiger partial charge on any atom is 0.244 e. The number of anilines is 1. The molecule has 1 saturated heterocycles. The molecule has 2 rings (SSSR count). The molecule has 0 aromatic heterocycles. The highest BCUT2D eigenvalue weighted by molar-refractivity contribution is 5.85. The largest absolute Gasteiger partial charge is 0.392 e. The van der Waals surface area contributed by atoms with E-state index in [1.165, 1.54) is 0 Å². The van der Waals surface area contributed by atoms with E-state index in [2.05, 4.69) is 5.32 Å².